The van der Waals surface area contributed by atoms with E-state index in [0.717, 1.165) is 5.56 Å². The molecule has 1 aromatic carbocycles. The standard InChI is InChI=1S/C13H20N2O3/c1-18-9-11(6-7-16)15-13(17)8-10-4-2-3-5-12(10)14/h2-5,11,16H,6-9,14H2,1H3,(H,15,17). The first kappa shape index (κ1) is 14.5. The molecule has 0 spiro atoms. The van der Waals surface area contributed by atoms with Crippen LogP contribution in [0.4, 0.5) is 5.69 Å². The van der Waals surface area contributed by atoms with E-state index in [2.05, 4.69) is 5.32 Å². The minimum absolute atomic E-state index is 0.0157. The van der Waals surface area contributed by atoms with Gasteiger partial charge in [-0.2, -0.15) is 0 Å². The van der Waals surface area contributed by atoms with E-state index in [-0.39, 0.29) is 25.0 Å². The summed E-state index contributed by atoms with van der Waals surface area (Å²) in [5.74, 6) is -0.122. The van der Waals surface area contributed by atoms with Gasteiger partial charge < -0.3 is 20.9 Å². The highest BCUT2D eigenvalue weighted by molar-refractivity contribution is 5.80. The van der Waals surface area contributed by atoms with Gasteiger partial charge in [0, 0.05) is 19.4 Å². The van der Waals surface area contributed by atoms with Crippen molar-refractivity contribution in [1.29, 1.82) is 0 Å². The quantitative estimate of drug-likeness (QED) is 0.610. The number of benzene rings is 1. The van der Waals surface area contributed by atoms with Crippen LogP contribution in [0.5, 0.6) is 0 Å². The summed E-state index contributed by atoms with van der Waals surface area (Å²) in [6, 6.07) is 7.10. The highest BCUT2D eigenvalue weighted by Crippen LogP contribution is 2.11. The SMILES string of the molecule is COCC(CCO)NC(=O)Cc1ccccc1N. The third-order valence-corrected chi connectivity index (χ3v) is 2.62. The summed E-state index contributed by atoms with van der Waals surface area (Å²) in [5.41, 5.74) is 7.18. The molecular weight excluding hydrogens is 232 g/mol. The Morgan fingerprint density at radius 2 is 2.22 bits per heavy atom. The Bertz CT molecular complexity index is 376. The van der Waals surface area contributed by atoms with Crippen LogP contribution < -0.4 is 11.1 Å². The molecule has 0 fully saturated rings. The molecule has 100 valence electrons. The number of hydrogen-bond donors (Lipinski definition) is 3. The van der Waals surface area contributed by atoms with E-state index in [9.17, 15) is 4.79 Å². The van der Waals surface area contributed by atoms with Gasteiger partial charge in [0.05, 0.1) is 19.1 Å². The first-order valence-corrected chi connectivity index (χ1v) is 5.90. The van der Waals surface area contributed by atoms with Crippen LogP contribution in [0.2, 0.25) is 0 Å². The van der Waals surface area contributed by atoms with Crippen LogP contribution in [0.1, 0.15) is 12.0 Å². The third-order valence-electron chi connectivity index (χ3n) is 2.62. The highest BCUT2D eigenvalue weighted by Gasteiger charge is 2.12. The van der Waals surface area contributed by atoms with Gasteiger partial charge in [-0.05, 0) is 18.1 Å². The fourth-order valence-corrected chi connectivity index (χ4v) is 1.70. The number of nitrogens with two attached hydrogens (primary N) is 1. The lowest BCUT2D eigenvalue weighted by molar-refractivity contribution is -0.121. The van der Waals surface area contributed by atoms with E-state index in [1.807, 2.05) is 18.2 Å². The highest BCUT2D eigenvalue weighted by atomic mass is 16.5. The van der Waals surface area contributed by atoms with Gasteiger partial charge >= 0.3 is 0 Å². The minimum atomic E-state index is -0.169. The first-order valence-electron chi connectivity index (χ1n) is 5.90. The number of rotatable bonds is 7. The average molecular weight is 252 g/mol. The molecule has 1 rings (SSSR count). The van der Waals surface area contributed by atoms with Crippen molar-refractivity contribution >= 4 is 11.6 Å². The number of nitrogen functional groups attached to an aromatic ring is 1. The zero-order chi connectivity index (χ0) is 13.4. The molecule has 1 unspecified atom stereocenters. The number of anilines is 1. The van der Waals surface area contributed by atoms with Crippen molar-refractivity contribution in [2.45, 2.75) is 18.9 Å². The van der Waals surface area contributed by atoms with Crippen LogP contribution in [0.3, 0.4) is 0 Å². The second-order valence-electron chi connectivity index (χ2n) is 4.11. The second kappa shape index (κ2) is 7.68. The van der Waals surface area contributed by atoms with Gasteiger partial charge in [0.1, 0.15) is 0 Å². The van der Waals surface area contributed by atoms with Crippen molar-refractivity contribution in [2.75, 3.05) is 26.1 Å². The molecular formula is C13H20N2O3. The number of ether oxygens (including phenoxy) is 1. The number of carbonyl (C=O) groups excluding carboxylic acids is 1. The van der Waals surface area contributed by atoms with Gasteiger partial charge in [0.2, 0.25) is 5.91 Å². The van der Waals surface area contributed by atoms with Gasteiger partial charge in [-0.15, -0.1) is 0 Å². The van der Waals surface area contributed by atoms with E-state index in [1.165, 1.54) is 0 Å². The molecule has 18 heavy (non-hydrogen) atoms. The fraction of sp³-hybridized carbons (Fsp3) is 0.462. The Morgan fingerprint density at radius 1 is 1.50 bits per heavy atom. The van der Waals surface area contributed by atoms with Gasteiger partial charge in [-0.1, -0.05) is 18.2 Å². The zero-order valence-electron chi connectivity index (χ0n) is 10.6. The van der Waals surface area contributed by atoms with Crippen molar-refractivity contribution in [3.05, 3.63) is 29.8 Å². The smallest absolute Gasteiger partial charge is 0.224 e. The average Bonchev–Trinajstić information content (AvgIpc) is 2.33. The lowest BCUT2D eigenvalue weighted by Gasteiger charge is -2.17. The number of carbonyl (C=O) groups is 1. The molecule has 0 saturated heterocycles. The molecule has 0 aliphatic rings. The topological polar surface area (TPSA) is 84.6 Å². The van der Waals surface area contributed by atoms with E-state index in [4.69, 9.17) is 15.6 Å². The van der Waals surface area contributed by atoms with Crippen LogP contribution in [-0.2, 0) is 16.0 Å². The molecule has 4 N–H and O–H groups in total. The van der Waals surface area contributed by atoms with Crippen LogP contribution in [0.25, 0.3) is 0 Å². The summed E-state index contributed by atoms with van der Waals surface area (Å²) in [5, 5.41) is 11.7. The minimum Gasteiger partial charge on any atom is -0.398 e. The number of methoxy groups -OCH3 is 1. The van der Waals surface area contributed by atoms with Gasteiger partial charge in [0.25, 0.3) is 0 Å². The Balaban J connectivity index is 2.52. The summed E-state index contributed by atoms with van der Waals surface area (Å²) >= 11 is 0. The predicted molar refractivity (Wildman–Crippen MR) is 70.1 cm³/mol. The molecule has 0 heterocycles. The lowest BCUT2D eigenvalue weighted by atomic mass is 10.1. The van der Waals surface area contributed by atoms with Gasteiger partial charge in [0.15, 0.2) is 0 Å². The number of amides is 1. The molecule has 1 atom stereocenters. The fourth-order valence-electron chi connectivity index (χ4n) is 1.70. The third kappa shape index (κ3) is 4.73. The van der Waals surface area contributed by atoms with Gasteiger partial charge in [-0.3, -0.25) is 4.79 Å². The maximum absolute atomic E-state index is 11.8. The van der Waals surface area contributed by atoms with Crippen molar-refractivity contribution < 1.29 is 14.6 Å². The Labute approximate surface area is 107 Å². The number of aliphatic hydroxyl groups excluding tert-OH is 1. The van der Waals surface area contributed by atoms with Crippen LogP contribution in [0, 0.1) is 0 Å². The summed E-state index contributed by atoms with van der Waals surface area (Å²) < 4.78 is 4.98. The molecule has 0 aliphatic heterocycles. The lowest BCUT2D eigenvalue weighted by Crippen LogP contribution is -2.39. The molecule has 0 saturated carbocycles. The summed E-state index contributed by atoms with van der Waals surface area (Å²) in [6.07, 6.45) is 0.710. The van der Waals surface area contributed by atoms with Crippen LogP contribution in [0.15, 0.2) is 24.3 Å². The monoisotopic (exact) mass is 252 g/mol. The Kier molecular flexibility index (Phi) is 6.18. The molecule has 5 heteroatoms. The molecule has 0 aromatic heterocycles. The normalized spacial score (nSPS) is 12.1. The summed E-state index contributed by atoms with van der Waals surface area (Å²) in [7, 11) is 1.56. The maximum atomic E-state index is 11.8. The van der Waals surface area contributed by atoms with Gasteiger partial charge in [-0.25, -0.2) is 0 Å². The summed E-state index contributed by atoms with van der Waals surface area (Å²) in [6.45, 7) is 0.401. The predicted octanol–water partition coefficient (Wildman–Crippen LogP) is 0.325. The van der Waals surface area contributed by atoms with Crippen molar-refractivity contribution in [3.8, 4) is 0 Å². The zero-order valence-corrected chi connectivity index (χ0v) is 10.6. The number of nitrogens with one attached hydrogen (secondary N) is 1. The van der Waals surface area contributed by atoms with Crippen molar-refractivity contribution in [2.24, 2.45) is 0 Å². The number of aliphatic hydroxyl groups is 1. The number of hydrogen-bond acceptors (Lipinski definition) is 4. The molecule has 0 radical (unpaired) electrons. The Hall–Kier alpha value is -1.59. The molecule has 1 aromatic rings. The first-order chi connectivity index (χ1) is 8.67. The largest absolute Gasteiger partial charge is 0.398 e. The van der Waals surface area contributed by atoms with Crippen molar-refractivity contribution in [3.63, 3.8) is 0 Å². The van der Waals surface area contributed by atoms with Crippen LogP contribution in [-0.4, -0.2) is 37.4 Å². The summed E-state index contributed by atoms with van der Waals surface area (Å²) in [4.78, 5) is 11.8. The van der Waals surface area contributed by atoms with E-state index >= 15 is 0 Å². The molecule has 5 nitrogen and oxygen atoms in total. The van der Waals surface area contributed by atoms with E-state index < -0.39 is 0 Å². The van der Waals surface area contributed by atoms with E-state index in [0.29, 0.717) is 18.7 Å². The van der Waals surface area contributed by atoms with Crippen LogP contribution >= 0.6 is 0 Å². The molecule has 0 bridgehead atoms. The van der Waals surface area contributed by atoms with E-state index in [1.54, 1.807) is 13.2 Å². The van der Waals surface area contributed by atoms with Crippen molar-refractivity contribution in [1.82, 2.24) is 5.32 Å². The number of para-hydroxylation sites is 1. The Morgan fingerprint density at radius 3 is 2.83 bits per heavy atom. The molecule has 1 amide bonds. The molecule has 0 aliphatic carbocycles. The second-order valence-corrected chi connectivity index (χ2v) is 4.11. The maximum Gasteiger partial charge on any atom is 0.224 e.